The monoisotopic (exact) mass is 375 g/mol. The van der Waals surface area contributed by atoms with Crippen molar-refractivity contribution in [2.75, 3.05) is 19.7 Å². The molecule has 2 aromatic carbocycles. The molecule has 0 unspecified atom stereocenters. The highest BCUT2D eigenvalue weighted by molar-refractivity contribution is 5.64. The largest absolute Gasteiger partial charge is 0.396 e. The SMILES string of the molecule is Cc1ccc(-n2cc(CN3CCC[C@@H](CO)C3)c(-c3cccc(C)c3)n2)cc1. The second-order valence-electron chi connectivity index (χ2n) is 8.08. The van der Waals surface area contributed by atoms with Crippen LogP contribution in [0.3, 0.4) is 0 Å². The number of benzene rings is 2. The maximum absolute atomic E-state index is 9.57. The van der Waals surface area contributed by atoms with Crippen molar-refractivity contribution in [3.63, 3.8) is 0 Å². The molecular formula is C24H29N3O. The molecule has 1 aliphatic rings. The third-order valence-corrected chi connectivity index (χ3v) is 5.64. The van der Waals surface area contributed by atoms with Crippen molar-refractivity contribution < 1.29 is 5.11 Å². The van der Waals surface area contributed by atoms with Gasteiger partial charge in [0.15, 0.2) is 0 Å². The Morgan fingerprint density at radius 3 is 2.64 bits per heavy atom. The van der Waals surface area contributed by atoms with Crippen LogP contribution in [0.1, 0.15) is 29.5 Å². The lowest BCUT2D eigenvalue weighted by molar-refractivity contribution is 0.116. The van der Waals surface area contributed by atoms with Crippen molar-refractivity contribution in [1.29, 1.82) is 0 Å². The van der Waals surface area contributed by atoms with Gasteiger partial charge in [0.25, 0.3) is 0 Å². The minimum absolute atomic E-state index is 0.282. The third-order valence-electron chi connectivity index (χ3n) is 5.64. The number of likely N-dealkylation sites (tertiary alicyclic amines) is 1. The van der Waals surface area contributed by atoms with Gasteiger partial charge < -0.3 is 5.11 Å². The first-order valence-electron chi connectivity index (χ1n) is 10.2. The van der Waals surface area contributed by atoms with Crippen LogP contribution in [0.15, 0.2) is 54.7 Å². The van der Waals surface area contributed by atoms with Crippen LogP contribution in [0.25, 0.3) is 16.9 Å². The number of aliphatic hydroxyl groups is 1. The summed E-state index contributed by atoms with van der Waals surface area (Å²) in [4.78, 5) is 2.46. The normalized spacial score (nSPS) is 17.8. The first kappa shape index (κ1) is 18.9. The molecule has 1 aromatic heterocycles. The highest BCUT2D eigenvalue weighted by Crippen LogP contribution is 2.27. The zero-order valence-electron chi connectivity index (χ0n) is 16.8. The summed E-state index contributed by atoms with van der Waals surface area (Å²) in [5.74, 6) is 0.392. The summed E-state index contributed by atoms with van der Waals surface area (Å²) in [5, 5.41) is 14.5. The predicted molar refractivity (Wildman–Crippen MR) is 114 cm³/mol. The van der Waals surface area contributed by atoms with E-state index in [9.17, 15) is 5.11 Å². The van der Waals surface area contributed by atoms with Crippen LogP contribution >= 0.6 is 0 Å². The molecular weight excluding hydrogens is 346 g/mol. The van der Waals surface area contributed by atoms with Gasteiger partial charge in [0.2, 0.25) is 0 Å². The van der Waals surface area contributed by atoms with Crippen molar-refractivity contribution in [3.05, 3.63) is 71.4 Å². The van der Waals surface area contributed by atoms with Gasteiger partial charge in [0.05, 0.1) is 11.4 Å². The molecule has 0 spiro atoms. The van der Waals surface area contributed by atoms with E-state index in [1.165, 1.54) is 16.7 Å². The third kappa shape index (κ3) is 4.18. The fourth-order valence-corrected chi connectivity index (χ4v) is 4.08. The molecule has 1 saturated heterocycles. The lowest BCUT2D eigenvalue weighted by atomic mass is 9.98. The van der Waals surface area contributed by atoms with Gasteiger partial charge in [-0.15, -0.1) is 0 Å². The number of nitrogens with zero attached hydrogens (tertiary/aromatic N) is 3. The fourth-order valence-electron chi connectivity index (χ4n) is 4.08. The van der Waals surface area contributed by atoms with E-state index in [-0.39, 0.29) is 6.61 Å². The van der Waals surface area contributed by atoms with E-state index in [2.05, 4.69) is 73.5 Å². The zero-order valence-corrected chi connectivity index (χ0v) is 16.8. The van der Waals surface area contributed by atoms with E-state index in [4.69, 9.17) is 5.10 Å². The molecule has 0 bridgehead atoms. The topological polar surface area (TPSA) is 41.3 Å². The number of hydrogen-bond acceptors (Lipinski definition) is 3. The van der Waals surface area contributed by atoms with Gasteiger partial charge in [-0.2, -0.15) is 5.10 Å². The molecule has 1 atom stereocenters. The Hall–Kier alpha value is -2.43. The lowest BCUT2D eigenvalue weighted by Gasteiger charge is -2.31. The number of rotatable bonds is 5. The smallest absolute Gasteiger partial charge is 0.0972 e. The molecule has 1 aliphatic heterocycles. The van der Waals surface area contributed by atoms with Crippen molar-refractivity contribution in [2.24, 2.45) is 5.92 Å². The van der Waals surface area contributed by atoms with E-state index in [0.717, 1.165) is 49.4 Å². The first-order valence-corrected chi connectivity index (χ1v) is 10.2. The number of aliphatic hydroxyl groups excluding tert-OH is 1. The van der Waals surface area contributed by atoms with Gasteiger partial charge in [0, 0.05) is 37.0 Å². The van der Waals surface area contributed by atoms with E-state index >= 15 is 0 Å². The highest BCUT2D eigenvalue weighted by atomic mass is 16.3. The van der Waals surface area contributed by atoms with Crippen LogP contribution in [0.4, 0.5) is 0 Å². The molecule has 2 heterocycles. The molecule has 0 radical (unpaired) electrons. The van der Waals surface area contributed by atoms with Crippen LogP contribution in [0.5, 0.6) is 0 Å². The summed E-state index contributed by atoms with van der Waals surface area (Å²) in [6.07, 6.45) is 4.45. The molecule has 28 heavy (non-hydrogen) atoms. The molecule has 1 fully saturated rings. The predicted octanol–water partition coefficient (Wildman–Crippen LogP) is 4.36. The van der Waals surface area contributed by atoms with Gasteiger partial charge >= 0.3 is 0 Å². The van der Waals surface area contributed by atoms with E-state index in [1.54, 1.807) is 0 Å². The number of aromatic nitrogens is 2. The van der Waals surface area contributed by atoms with Crippen LogP contribution in [0, 0.1) is 19.8 Å². The van der Waals surface area contributed by atoms with Crippen molar-refractivity contribution in [1.82, 2.24) is 14.7 Å². The standard InChI is InChI=1S/C24H29N3O/c1-18-8-10-23(11-9-18)27-16-22(15-26-12-4-6-20(14-26)17-28)24(25-27)21-7-3-5-19(2)13-21/h3,5,7-11,13,16,20,28H,4,6,12,14-15,17H2,1-2H3/t20-/m1/s1. The molecule has 0 saturated carbocycles. The lowest BCUT2D eigenvalue weighted by Crippen LogP contribution is -2.36. The molecule has 4 rings (SSSR count). The van der Waals surface area contributed by atoms with E-state index in [0.29, 0.717) is 5.92 Å². The van der Waals surface area contributed by atoms with Gasteiger partial charge in [-0.25, -0.2) is 4.68 Å². The van der Waals surface area contributed by atoms with Crippen LogP contribution in [0.2, 0.25) is 0 Å². The highest BCUT2D eigenvalue weighted by Gasteiger charge is 2.22. The maximum atomic E-state index is 9.57. The number of piperidine rings is 1. The second kappa shape index (κ2) is 8.29. The van der Waals surface area contributed by atoms with Crippen molar-refractivity contribution in [2.45, 2.75) is 33.2 Å². The first-order chi connectivity index (χ1) is 13.6. The zero-order chi connectivity index (χ0) is 19.5. The Balaban J connectivity index is 1.69. The molecule has 3 aromatic rings. The summed E-state index contributed by atoms with van der Waals surface area (Å²) in [7, 11) is 0. The average molecular weight is 376 g/mol. The molecule has 4 heteroatoms. The average Bonchev–Trinajstić information content (AvgIpc) is 3.12. The number of aryl methyl sites for hydroxylation is 2. The quantitative estimate of drug-likeness (QED) is 0.720. The van der Waals surface area contributed by atoms with Crippen molar-refractivity contribution in [3.8, 4) is 16.9 Å². The minimum atomic E-state index is 0.282. The Morgan fingerprint density at radius 2 is 1.89 bits per heavy atom. The van der Waals surface area contributed by atoms with Crippen LogP contribution in [-0.4, -0.2) is 39.5 Å². The Labute approximate surface area is 167 Å². The maximum Gasteiger partial charge on any atom is 0.0972 e. The van der Waals surface area contributed by atoms with Gasteiger partial charge in [-0.3, -0.25) is 4.90 Å². The summed E-state index contributed by atoms with van der Waals surface area (Å²) in [5.41, 5.74) is 7.03. The van der Waals surface area contributed by atoms with E-state index < -0.39 is 0 Å². The number of hydrogen-bond donors (Lipinski definition) is 1. The second-order valence-corrected chi connectivity index (χ2v) is 8.08. The fraction of sp³-hybridized carbons (Fsp3) is 0.375. The summed E-state index contributed by atoms with van der Waals surface area (Å²) in [6.45, 7) is 7.41. The molecule has 4 nitrogen and oxygen atoms in total. The minimum Gasteiger partial charge on any atom is -0.396 e. The Kier molecular flexibility index (Phi) is 5.60. The molecule has 0 aliphatic carbocycles. The summed E-state index contributed by atoms with van der Waals surface area (Å²) < 4.78 is 2.00. The molecule has 146 valence electrons. The molecule has 0 amide bonds. The van der Waals surface area contributed by atoms with Crippen LogP contribution < -0.4 is 0 Å². The Morgan fingerprint density at radius 1 is 1.07 bits per heavy atom. The van der Waals surface area contributed by atoms with E-state index in [1.807, 2.05) is 4.68 Å². The van der Waals surface area contributed by atoms with Crippen molar-refractivity contribution >= 4 is 0 Å². The summed E-state index contributed by atoms with van der Waals surface area (Å²) in [6, 6.07) is 17.1. The Bertz CT molecular complexity index is 929. The molecule has 1 N–H and O–H groups in total. The van der Waals surface area contributed by atoms with Crippen LogP contribution in [-0.2, 0) is 6.54 Å². The van der Waals surface area contributed by atoms with Gasteiger partial charge in [0.1, 0.15) is 0 Å². The van der Waals surface area contributed by atoms with Gasteiger partial charge in [-0.1, -0.05) is 41.5 Å². The van der Waals surface area contributed by atoms with Gasteiger partial charge in [-0.05, 0) is 57.4 Å². The summed E-state index contributed by atoms with van der Waals surface area (Å²) >= 11 is 0.